The van der Waals surface area contributed by atoms with E-state index in [1.54, 1.807) is 12.1 Å². The summed E-state index contributed by atoms with van der Waals surface area (Å²) in [5.74, 6) is 0.984. The zero-order valence-electron chi connectivity index (χ0n) is 10.6. The van der Waals surface area contributed by atoms with E-state index in [1.165, 1.54) is 0 Å². The molecule has 0 spiro atoms. The average Bonchev–Trinajstić information content (AvgIpc) is 2.77. The van der Waals surface area contributed by atoms with Gasteiger partial charge < -0.3 is 5.32 Å². The van der Waals surface area contributed by atoms with Gasteiger partial charge in [-0.05, 0) is 62.0 Å². The normalized spacial score (nSPS) is 30.2. The maximum Gasteiger partial charge on any atom is 0.240 e. The van der Waals surface area contributed by atoms with E-state index in [0.29, 0.717) is 16.7 Å². The Morgan fingerprint density at radius 1 is 1.17 bits per heavy atom. The van der Waals surface area contributed by atoms with Gasteiger partial charge >= 0.3 is 0 Å². The van der Waals surface area contributed by atoms with Gasteiger partial charge in [0.2, 0.25) is 10.0 Å². The summed E-state index contributed by atoms with van der Waals surface area (Å²) in [6.07, 6.45) is 0. The van der Waals surface area contributed by atoms with E-state index < -0.39 is 10.0 Å². The number of fused-ring (bicyclic) bond motifs is 1. The third kappa shape index (κ3) is 1.96. The monoisotopic (exact) mass is 266 g/mol. The lowest BCUT2D eigenvalue weighted by Gasteiger charge is -2.10. The molecular weight excluding hydrogens is 248 g/mol. The summed E-state index contributed by atoms with van der Waals surface area (Å²) in [6, 6.07) is 5.42. The Labute approximate surface area is 108 Å². The van der Waals surface area contributed by atoms with Crippen LogP contribution in [-0.2, 0) is 10.0 Å². The molecule has 1 aromatic rings. The number of hydrogen-bond donors (Lipinski definition) is 2. The predicted molar refractivity (Wildman–Crippen MR) is 69.9 cm³/mol. The zero-order valence-corrected chi connectivity index (χ0v) is 11.4. The lowest BCUT2D eigenvalue weighted by atomic mass is 10.1. The van der Waals surface area contributed by atoms with Crippen LogP contribution in [0.3, 0.4) is 0 Å². The first-order valence-corrected chi connectivity index (χ1v) is 7.78. The second-order valence-corrected chi connectivity index (χ2v) is 7.09. The third-order valence-corrected chi connectivity index (χ3v) is 5.63. The standard InChI is InChI=1S/C13H18N2O2S/c1-8-3-4-10(5-9(8)2)18(16,17)15-13-11-6-14-7-12(11)13/h3-5,11-15H,6-7H2,1-2H3. The minimum Gasteiger partial charge on any atom is -0.316 e. The van der Waals surface area contributed by atoms with Crippen molar-refractivity contribution in [3.05, 3.63) is 29.3 Å². The van der Waals surface area contributed by atoms with E-state index in [-0.39, 0.29) is 6.04 Å². The first-order valence-electron chi connectivity index (χ1n) is 6.29. The largest absolute Gasteiger partial charge is 0.316 e. The fourth-order valence-electron chi connectivity index (χ4n) is 2.72. The molecule has 0 amide bonds. The van der Waals surface area contributed by atoms with E-state index in [4.69, 9.17) is 0 Å². The Bertz CT molecular complexity index is 573. The van der Waals surface area contributed by atoms with Crippen LogP contribution in [0.25, 0.3) is 0 Å². The lowest BCUT2D eigenvalue weighted by molar-refractivity contribution is 0.565. The zero-order chi connectivity index (χ0) is 12.9. The average molecular weight is 266 g/mol. The SMILES string of the molecule is Cc1ccc(S(=O)(=O)NC2C3CNCC32)cc1C. The number of nitrogens with one attached hydrogen (secondary N) is 2. The molecule has 4 nitrogen and oxygen atoms in total. The van der Waals surface area contributed by atoms with Crippen molar-refractivity contribution in [2.45, 2.75) is 24.8 Å². The molecule has 1 saturated heterocycles. The number of benzene rings is 1. The van der Waals surface area contributed by atoms with Crippen molar-refractivity contribution in [2.24, 2.45) is 11.8 Å². The van der Waals surface area contributed by atoms with Crippen molar-refractivity contribution < 1.29 is 8.42 Å². The highest BCUT2D eigenvalue weighted by molar-refractivity contribution is 7.89. The maximum atomic E-state index is 12.2. The van der Waals surface area contributed by atoms with Gasteiger partial charge in [0.15, 0.2) is 0 Å². The van der Waals surface area contributed by atoms with Crippen LogP contribution in [0.2, 0.25) is 0 Å². The number of aryl methyl sites for hydroxylation is 2. The highest BCUT2D eigenvalue weighted by atomic mass is 32.2. The molecule has 1 aliphatic carbocycles. The van der Waals surface area contributed by atoms with Crippen molar-refractivity contribution >= 4 is 10.0 Å². The molecule has 2 fully saturated rings. The van der Waals surface area contributed by atoms with E-state index in [0.717, 1.165) is 24.2 Å². The third-order valence-electron chi connectivity index (χ3n) is 4.17. The topological polar surface area (TPSA) is 58.2 Å². The molecule has 1 aromatic carbocycles. The molecule has 2 N–H and O–H groups in total. The fourth-order valence-corrected chi connectivity index (χ4v) is 4.14. The second-order valence-electron chi connectivity index (χ2n) is 5.38. The second kappa shape index (κ2) is 4.05. The van der Waals surface area contributed by atoms with Crippen molar-refractivity contribution in [1.29, 1.82) is 0 Å². The van der Waals surface area contributed by atoms with Crippen LogP contribution in [0.5, 0.6) is 0 Å². The molecule has 0 bridgehead atoms. The van der Waals surface area contributed by atoms with Gasteiger partial charge in [-0.15, -0.1) is 0 Å². The predicted octanol–water partition coefficient (Wildman–Crippen LogP) is 0.800. The van der Waals surface area contributed by atoms with Crippen LogP contribution in [-0.4, -0.2) is 27.5 Å². The molecule has 0 aromatic heterocycles. The molecule has 1 aliphatic heterocycles. The molecule has 2 unspecified atom stereocenters. The smallest absolute Gasteiger partial charge is 0.240 e. The van der Waals surface area contributed by atoms with Crippen LogP contribution >= 0.6 is 0 Å². The molecule has 5 heteroatoms. The quantitative estimate of drug-likeness (QED) is 0.851. The molecule has 1 saturated carbocycles. The first kappa shape index (κ1) is 12.1. The van der Waals surface area contributed by atoms with Crippen LogP contribution in [0.1, 0.15) is 11.1 Å². The van der Waals surface area contributed by atoms with E-state index >= 15 is 0 Å². The summed E-state index contributed by atoms with van der Waals surface area (Å²) in [5, 5.41) is 3.26. The van der Waals surface area contributed by atoms with Gasteiger partial charge in [0.05, 0.1) is 4.90 Å². The van der Waals surface area contributed by atoms with Gasteiger partial charge in [0, 0.05) is 6.04 Å². The summed E-state index contributed by atoms with van der Waals surface area (Å²) in [5.41, 5.74) is 2.12. The van der Waals surface area contributed by atoms with Crippen LogP contribution in [0, 0.1) is 25.7 Å². The minimum atomic E-state index is -3.36. The molecule has 98 valence electrons. The number of rotatable bonds is 3. The van der Waals surface area contributed by atoms with Crippen molar-refractivity contribution in [3.8, 4) is 0 Å². The summed E-state index contributed by atoms with van der Waals surface area (Å²) in [7, 11) is -3.36. The van der Waals surface area contributed by atoms with Gasteiger partial charge in [-0.1, -0.05) is 6.07 Å². The Hall–Kier alpha value is -0.910. The minimum absolute atomic E-state index is 0.137. The Morgan fingerprint density at radius 3 is 2.44 bits per heavy atom. The van der Waals surface area contributed by atoms with Gasteiger partial charge in [-0.3, -0.25) is 0 Å². The molecule has 3 rings (SSSR count). The summed E-state index contributed by atoms with van der Waals surface area (Å²) in [6.45, 7) is 5.79. The van der Waals surface area contributed by atoms with Crippen LogP contribution in [0.4, 0.5) is 0 Å². The van der Waals surface area contributed by atoms with E-state index in [1.807, 2.05) is 19.9 Å². The summed E-state index contributed by atoms with van der Waals surface area (Å²) >= 11 is 0. The first-order chi connectivity index (χ1) is 8.49. The van der Waals surface area contributed by atoms with Gasteiger partial charge in [-0.25, -0.2) is 13.1 Å². The number of piperidine rings is 1. The molecular formula is C13H18N2O2S. The fraction of sp³-hybridized carbons (Fsp3) is 0.538. The van der Waals surface area contributed by atoms with Gasteiger partial charge in [-0.2, -0.15) is 0 Å². The van der Waals surface area contributed by atoms with Crippen LogP contribution in [0.15, 0.2) is 23.1 Å². The summed E-state index contributed by atoms with van der Waals surface area (Å²) < 4.78 is 27.3. The van der Waals surface area contributed by atoms with Gasteiger partial charge in [0.1, 0.15) is 0 Å². The van der Waals surface area contributed by atoms with Crippen molar-refractivity contribution in [3.63, 3.8) is 0 Å². The molecule has 1 heterocycles. The summed E-state index contributed by atoms with van der Waals surface area (Å²) in [4.78, 5) is 0.378. The van der Waals surface area contributed by atoms with E-state index in [2.05, 4.69) is 10.0 Å². The molecule has 2 aliphatic rings. The number of hydrogen-bond acceptors (Lipinski definition) is 3. The van der Waals surface area contributed by atoms with Crippen molar-refractivity contribution in [2.75, 3.05) is 13.1 Å². The highest BCUT2D eigenvalue weighted by Crippen LogP contribution is 2.42. The lowest BCUT2D eigenvalue weighted by Crippen LogP contribution is -2.32. The van der Waals surface area contributed by atoms with E-state index in [9.17, 15) is 8.42 Å². The van der Waals surface area contributed by atoms with Crippen molar-refractivity contribution in [1.82, 2.24) is 10.0 Å². The molecule has 0 radical (unpaired) electrons. The highest BCUT2D eigenvalue weighted by Gasteiger charge is 2.54. The molecule has 2 atom stereocenters. The Balaban J connectivity index is 1.79. The Morgan fingerprint density at radius 2 is 1.83 bits per heavy atom. The van der Waals surface area contributed by atoms with Gasteiger partial charge in [0.25, 0.3) is 0 Å². The Kier molecular flexibility index (Phi) is 2.73. The maximum absolute atomic E-state index is 12.2. The van der Waals surface area contributed by atoms with Crippen LogP contribution < -0.4 is 10.0 Å². The molecule has 18 heavy (non-hydrogen) atoms. The number of sulfonamides is 1.